The van der Waals surface area contributed by atoms with Gasteiger partial charge in [-0.15, -0.1) is 0 Å². The van der Waals surface area contributed by atoms with Crippen LogP contribution < -0.4 is 5.32 Å². The molecule has 7 heteroatoms. The van der Waals surface area contributed by atoms with Crippen molar-refractivity contribution in [2.45, 2.75) is 6.54 Å². The molecule has 0 atom stereocenters. The predicted molar refractivity (Wildman–Crippen MR) is 79.5 cm³/mol. The van der Waals surface area contributed by atoms with Crippen molar-refractivity contribution in [3.8, 4) is 0 Å². The fourth-order valence-electron chi connectivity index (χ4n) is 1.64. The number of benzene rings is 2. The molecule has 0 unspecified atom stereocenters. The maximum Gasteiger partial charge on any atom is 0.288 e. The van der Waals surface area contributed by atoms with Crippen LogP contribution in [0, 0.1) is 15.9 Å². The summed E-state index contributed by atoms with van der Waals surface area (Å²) in [6.45, 7) is 0.260. The molecular weight excluding hydrogens is 351 g/mol. The summed E-state index contributed by atoms with van der Waals surface area (Å²) < 4.78 is 14.2. The second kappa shape index (κ2) is 6.19. The van der Waals surface area contributed by atoms with Gasteiger partial charge in [0.1, 0.15) is 10.8 Å². The molecule has 0 bridgehead atoms. The molecule has 0 saturated carbocycles. The predicted octanol–water partition coefficient (Wildman–Crippen LogP) is 4.76. The molecule has 0 aliphatic carbocycles. The summed E-state index contributed by atoms with van der Waals surface area (Å²) in [6.07, 6.45) is 0. The zero-order valence-corrected chi connectivity index (χ0v) is 12.4. The summed E-state index contributed by atoms with van der Waals surface area (Å²) in [7, 11) is 0. The molecule has 0 amide bonds. The van der Waals surface area contributed by atoms with E-state index in [-0.39, 0.29) is 17.3 Å². The van der Waals surface area contributed by atoms with E-state index in [2.05, 4.69) is 21.2 Å². The molecular formula is C13H9BrClFN2O2. The smallest absolute Gasteiger partial charge is 0.288 e. The lowest BCUT2D eigenvalue weighted by atomic mass is 10.2. The highest BCUT2D eigenvalue weighted by Crippen LogP contribution is 2.26. The molecule has 104 valence electrons. The summed E-state index contributed by atoms with van der Waals surface area (Å²) in [5.74, 6) is -0.400. The molecule has 4 nitrogen and oxygen atoms in total. The minimum Gasteiger partial charge on any atom is -0.379 e. The first-order valence-electron chi connectivity index (χ1n) is 5.59. The summed E-state index contributed by atoms with van der Waals surface area (Å²) in [5, 5.41) is 13.7. The van der Waals surface area contributed by atoms with Gasteiger partial charge >= 0.3 is 0 Å². The minimum atomic E-state index is -0.550. The van der Waals surface area contributed by atoms with Crippen LogP contribution in [0.15, 0.2) is 40.9 Å². The van der Waals surface area contributed by atoms with Gasteiger partial charge in [0.05, 0.1) is 10.6 Å². The average molecular weight is 360 g/mol. The van der Waals surface area contributed by atoms with E-state index in [1.165, 1.54) is 18.2 Å². The molecule has 20 heavy (non-hydrogen) atoms. The number of nitrogens with zero attached hydrogens (tertiary/aromatic N) is 1. The van der Waals surface area contributed by atoms with E-state index < -0.39 is 10.7 Å². The molecule has 0 aromatic heterocycles. The molecule has 0 saturated heterocycles. The van der Waals surface area contributed by atoms with Crippen LogP contribution in [-0.2, 0) is 6.54 Å². The van der Waals surface area contributed by atoms with Crippen molar-refractivity contribution in [1.29, 1.82) is 0 Å². The number of halogens is 3. The molecule has 1 N–H and O–H groups in total. The first kappa shape index (κ1) is 14.7. The van der Waals surface area contributed by atoms with Crippen molar-refractivity contribution in [1.82, 2.24) is 0 Å². The van der Waals surface area contributed by atoms with Crippen LogP contribution >= 0.6 is 27.5 Å². The van der Waals surface area contributed by atoms with Crippen LogP contribution in [0.2, 0.25) is 5.02 Å². The van der Waals surface area contributed by atoms with Crippen molar-refractivity contribution < 1.29 is 9.31 Å². The van der Waals surface area contributed by atoms with E-state index in [1.807, 2.05) is 0 Å². The minimum absolute atomic E-state index is 0.0774. The van der Waals surface area contributed by atoms with Gasteiger partial charge < -0.3 is 5.32 Å². The van der Waals surface area contributed by atoms with E-state index in [1.54, 1.807) is 18.2 Å². The highest BCUT2D eigenvalue weighted by molar-refractivity contribution is 9.10. The van der Waals surface area contributed by atoms with Gasteiger partial charge in [0, 0.05) is 17.1 Å². The van der Waals surface area contributed by atoms with Crippen molar-refractivity contribution in [2.75, 3.05) is 5.32 Å². The van der Waals surface area contributed by atoms with Gasteiger partial charge in [-0.3, -0.25) is 10.1 Å². The Bertz CT molecular complexity index is 667. The molecule has 0 heterocycles. The van der Waals surface area contributed by atoms with Gasteiger partial charge in [-0.05, 0) is 29.8 Å². The zero-order chi connectivity index (χ0) is 14.7. The van der Waals surface area contributed by atoms with Crippen LogP contribution in [0.1, 0.15) is 5.56 Å². The van der Waals surface area contributed by atoms with E-state index in [9.17, 15) is 14.5 Å². The second-order valence-electron chi connectivity index (χ2n) is 4.02. The number of nitrogens with one attached hydrogen (secondary N) is 1. The van der Waals surface area contributed by atoms with E-state index in [0.717, 1.165) is 0 Å². The van der Waals surface area contributed by atoms with Crippen LogP contribution in [0.3, 0.4) is 0 Å². The van der Waals surface area contributed by atoms with Gasteiger partial charge in [-0.2, -0.15) is 0 Å². The standard InChI is InChI=1S/C13H9BrClFN2O2/c14-9-2-4-12(11(16)6-9)17-7-8-1-3-10(15)13(5-8)18(19)20/h1-6,17H,7H2. The fraction of sp³-hybridized carbons (Fsp3) is 0.0769. The molecule has 0 fully saturated rings. The Morgan fingerprint density at radius 1 is 1.30 bits per heavy atom. The molecule has 0 aliphatic rings. The first-order chi connectivity index (χ1) is 9.47. The highest BCUT2D eigenvalue weighted by atomic mass is 79.9. The van der Waals surface area contributed by atoms with E-state index in [0.29, 0.717) is 15.7 Å². The maximum atomic E-state index is 13.6. The lowest BCUT2D eigenvalue weighted by Crippen LogP contribution is -2.02. The molecule has 2 rings (SSSR count). The Morgan fingerprint density at radius 3 is 2.70 bits per heavy atom. The van der Waals surface area contributed by atoms with Crippen LogP contribution in [0.4, 0.5) is 15.8 Å². The Balaban J connectivity index is 2.15. The monoisotopic (exact) mass is 358 g/mol. The number of rotatable bonds is 4. The lowest BCUT2D eigenvalue weighted by molar-refractivity contribution is -0.384. The topological polar surface area (TPSA) is 55.2 Å². The van der Waals surface area contributed by atoms with Crippen molar-refractivity contribution in [2.24, 2.45) is 0 Å². The Kier molecular flexibility index (Phi) is 4.57. The Labute approximate surface area is 127 Å². The quantitative estimate of drug-likeness (QED) is 0.632. The number of hydrogen-bond acceptors (Lipinski definition) is 3. The Hall–Kier alpha value is -1.66. The fourth-order valence-corrected chi connectivity index (χ4v) is 2.16. The van der Waals surface area contributed by atoms with E-state index >= 15 is 0 Å². The van der Waals surface area contributed by atoms with E-state index in [4.69, 9.17) is 11.6 Å². The second-order valence-corrected chi connectivity index (χ2v) is 5.34. The van der Waals surface area contributed by atoms with Gasteiger partial charge in [0.2, 0.25) is 0 Å². The highest BCUT2D eigenvalue weighted by Gasteiger charge is 2.12. The summed E-state index contributed by atoms with van der Waals surface area (Å²) in [4.78, 5) is 10.2. The molecule has 0 radical (unpaired) electrons. The molecule has 2 aromatic rings. The largest absolute Gasteiger partial charge is 0.379 e. The van der Waals surface area contributed by atoms with Gasteiger partial charge in [-0.1, -0.05) is 33.6 Å². The summed E-state index contributed by atoms with van der Waals surface area (Å²) in [5.41, 5.74) is 0.802. The molecule has 0 spiro atoms. The summed E-state index contributed by atoms with van der Waals surface area (Å²) in [6, 6.07) is 9.10. The van der Waals surface area contributed by atoms with Gasteiger partial charge in [0.15, 0.2) is 0 Å². The van der Waals surface area contributed by atoms with Crippen molar-refractivity contribution in [3.05, 3.63) is 67.4 Å². The number of anilines is 1. The lowest BCUT2D eigenvalue weighted by Gasteiger charge is -2.08. The SMILES string of the molecule is O=[N+]([O-])c1cc(CNc2ccc(Br)cc2F)ccc1Cl. The summed E-state index contributed by atoms with van der Waals surface area (Å²) >= 11 is 8.89. The van der Waals surface area contributed by atoms with Gasteiger partial charge in [-0.25, -0.2) is 4.39 Å². The van der Waals surface area contributed by atoms with Crippen molar-refractivity contribution in [3.63, 3.8) is 0 Å². The third kappa shape index (κ3) is 3.46. The third-order valence-electron chi connectivity index (χ3n) is 2.62. The maximum absolute atomic E-state index is 13.6. The first-order valence-corrected chi connectivity index (χ1v) is 6.76. The molecule has 2 aromatic carbocycles. The zero-order valence-electron chi connectivity index (χ0n) is 10.1. The average Bonchev–Trinajstić information content (AvgIpc) is 2.39. The van der Waals surface area contributed by atoms with Crippen LogP contribution in [-0.4, -0.2) is 4.92 Å². The van der Waals surface area contributed by atoms with Crippen molar-refractivity contribution >= 4 is 38.9 Å². The third-order valence-corrected chi connectivity index (χ3v) is 3.43. The number of nitro benzene ring substituents is 1. The number of nitro groups is 1. The normalized spacial score (nSPS) is 10.3. The number of hydrogen-bond donors (Lipinski definition) is 1. The molecule has 0 aliphatic heterocycles. The van der Waals surface area contributed by atoms with Crippen LogP contribution in [0.25, 0.3) is 0 Å². The Morgan fingerprint density at radius 2 is 2.05 bits per heavy atom. The van der Waals surface area contributed by atoms with Gasteiger partial charge in [0.25, 0.3) is 5.69 Å². The van der Waals surface area contributed by atoms with Crippen LogP contribution in [0.5, 0.6) is 0 Å².